The number of carboxylic acid groups (broad SMARTS) is 1. The van der Waals surface area contributed by atoms with Crippen molar-refractivity contribution >= 4 is 37.9 Å². The molecule has 22 heavy (non-hydrogen) atoms. The number of carbonyl (C=O) groups is 2. The summed E-state index contributed by atoms with van der Waals surface area (Å²) in [6.07, 6.45) is -0.0397. The van der Waals surface area contributed by atoms with Gasteiger partial charge in [-0.05, 0) is 28.1 Å². The number of likely N-dealkylation sites (tertiary alicyclic amines) is 1. The van der Waals surface area contributed by atoms with E-state index in [0.29, 0.717) is 10.0 Å². The Kier molecular flexibility index (Phi) is 4.88. The van der Waals surface area contributed by atoms with E-state index in [4.69, 9.17) is 4.18 Å². The Morgan fingerprint density at radius 3 is 2.55 bits per heavy atom. The molecule has 1 fully saturated rings. The second-order valence-corrected chi connectivity index (χ2v) is 7.40. The number of aliphatic carboxylic acids is 1. The highest BCUT2D eigenvalue weighted by Crippen LogP contribution is 2.26. The van der Waals surface area contributed by atoms with Crippen molar-refractivity contribution in [3.05, 3.63) is 34.3 Å². The lowest BCUT2D eigenvalue weighted by Gasteiger charge is -2.21. The van der Waals surface area contributed by atoms with E-state index in [1.54, 1.807) is 24.3 Å². The van der Waals surface area contributed by atoms with Gasteiger partial charge < -0.3 is 10.0 Å². The number of hydrogen-bond donors (Lipinski definition) is 1. The largest absolute Gasteiger partial charge is 0.480 e. The molecular formula is C13H14BrNO6S. The standard InChI is InChI=1S/C13H14BrNO6S/c1-22(19,20)21-8-6-11(13(17)18)15(7-8)12(16)9-4-2-3-5-10(9)14/h2-5,8,11H,6-7H2,1H3,(H,17,18)/t8?,11-/m0/s1. The molecule has 1 aliphatic rings. The first kappa shape index (κ1) is 16.9. The van der Waals surface area contributed by atoms with Gasteiger partial charge in [0.05, 0.1) is 17.9 Å². The number of amides is 1. The fourth-order valence-electron chi connectivity index (χ4n) is 2.36. The molecule has 120 valence electrons. The molecule has 0 radical (unpaired) electrons. The summed E-state index contributed by atoms with van der Waals surface area (Å²) in [7, 11) is -3.72. The molecule has 0 aromatic heterocycles. The van der Waals surface area contributed by atoms with Gasteiger partial charge in [0.2, 0.25) is 0 Å². The van der Waals surface area contributed by atoms with Gasteiger partial charge in [0.15, 0.2) is 0 Å². The van der Waals surface area contributed by atoms with Crippen molar-refractivity contribution in [1.29, 1.82) is 0 Å². The number of hydrogen-bond acceptors (Lipinski definition) is 5. The number of halogens is 1. The maximum Gasteiger partial charge on any atom is 0.326 e. The fraction of sp³-hybridized carbons (Fsp3) is 0.385. The van der Waals surface area contributed by atoms with Crippen molar-refractivity contribution in [1.82, 2.24) is 4.90 Å². The molecule has 2 rings (SSSR count). The second-order valence-electron chi connectivity index (χ2n) is 4.95. The summed E-state index contributed by atoms with van der Waals surface area (Å²) in [4.78, 5) is 25.0. The summed E-state index contributed by atoms with van der Waals surface area (Å²) >= 11 is 3.24. The highest BCUT2D eigenvalue weighted by molar-refractivity contribution is 9.10. The molecule has 1 unspecified atom stereocenters. The maximum atomic E-state index is 12.5. The van der Waals surface area contributed by atoms with Crippen LogP contribution >= 0.6 is 15.9 Å². The molecule has 1 heterocycles. The summed E-state index contributed by atoms with van der Waals surface area (Å²) in [5.74, 6) is -1.68. The molecule has 0 bridgehead atoms. The Morgan fingerprint density at radius 1 is 1.36 bits per heavy atom. The van der Waals surface area contributed by atoms with Crippen LogP contribution in [0.15, 0.2) is 28.7 Å². The van der Waals surface area contributed by atoms with E-state index in [1.165, 1.54) is 0 Å². The minimum Gasteiger partial charge on any atom is -0.480 e. The third-order valence-corrected chi connectivity index (χ3v) is 4.54. The monoisotopic (exact) mass is 391 g/mol. The van der Waals surface area contributed by atoms with Gasteiger partial charge in [-0.2, -0.15) is 8.42 Å². The smallest absolute Gasteiger partial charge is 0.326 e. The minimum atomic E-state index is -3.72. The first-order chi connectivity index (χ1) is 10.2. The summed E-state index contributed by atoms with van der Waals surface area (Å²) in [6, 6.07) is 5.51. The van der Waals surface area contributed by atoms with Gasteiger partial charge in [0, 0.05) is 17.4 Å². The number of carboxylic acids is 1. The van der Waals surface area contributed by atoms with E-state index in [0.717, 1.165) is 11.2 Å². The van der Waals surface area contributed by atoms with Gasteiger partial charge in [0.25, 0.3) is 16.0 Å². The summed E-state index contributed by atoms with van der Waals surface area (Å²) < 4.78 is 27.7. The van der Waals surface area contributed by atoms with Crippen LogP contribution < -0.4 is 0 Å². The van der Waals surface area contributed by atoms with Gasteiger partial charge in [-0.1, -0.05) is 12.1 Å². The van der Waals surface area contributed by atoms with Crippen LogP contribution in [0.5, 0.6) is 0 Å². The number of nitrogens with zero attached hydrogens (tertiary/aromatic N) is 1. The van der Waals surface area contributed by atoms with E-state index >= 15 is 0 Å². The van der Waals surface area contributed by atoms with Gasteiger partial charge >= 0.3 is 5.97 Å². The second kappa shape index (κ2) is 6.35. The minimum absolute atomic E-state index is 0.0708. The van der Waals surface area contributed by atoms with Crippen molar-refractivity contribution in [3.8, 4) is 0 Å². The quantitative estimate of drug-likeness (QED) is 0.770. The van der Waals surface area contributed by atoms with Crippen molar-refractivity contribution in [2.45, 2.75) is 18.6 Å². The van der Waals surface area contributed by atoms with Crippen LogP contribution in [-0.2, 0) is 19.1 Å². The van der Waals surface area contributed by atoms with Crippen LogP contribution in [-0.4, -0.2) is 55.2 Å². The molecule has 1 saturated heterocycles. The first-order valence-corrected chi connectivity index (χ1v) is 8.96. The lowest BCUT2D eigenvalue weighted by atomic mass is 10.1. The zero-order chi connectivity index (χ0) is 16.5. The molecule has 1 aliphatic heterocycles. The molecule has 0 spiro atoms. The van der Waals surface area contributed by atoms with Crippen LogP contribution in [0.4, 0.5) is 0 Å². The Hall–Kier alpha value is -1.45. The normalized spacial score (nSPS) is 21.8. The number of carbonyl (C=O) groups excluding carboxylic acids is 1. The van der Waals surface area contributed by atoms with Gasteiger partial charge in [-0.25, -0.2) is 4.79 Å². The highest BCUT2D eigenvalue weighted by atomic mass is 79.9. The van der Waals surface area contributed by atoms with Crippen molar-refractivity contribution < 1.29 is 27.3 Å². The third-order valence-electron chi connectivity index (χ3n) is 3.22. The van der Waals surface area contributed by atoms with Crippen LogP contribution in [0, 0.1) is 0 Å². The molecule has 1 aromatic carbocycles. The molecule has 1 aromatic rings. The van der Waals surface area contributed by atoms with Gasteiger partial charge in [-0.15, -0.1) is 0 Å². The Bertz CT molecular complexity index is 704. The average molecular weight is 392 g/mol. The Labute approximate surface area is 136 Å². The van der Waals surface area contributed by atoms with Crippen LogP contribution in [0.1, 0.15) is 16.8 Å². The lowest BCUT2D eigenvalue weighted by molar-refractivity contribution is -0.141. The van der Waals surface area contributed by atoms with E-state index in [9.17, 15) is 23.1 Å². The SMILES string of the molecule is CS(=O)(=O)OC1C[C@@H](C(=O)O)N(C(=O)c2ccccc2Br)C1. The fourth-order valence-corrected chi connectivity index (χ4v) is 3.45. The summed E-state index contributed by atoms with van der Waals surface area (Å²) in [5.41, 5.74) is 0.314. The van der Waals surface area contributed by atoms with E-state index < -0.39 is 34.1 Å². The predicted molar refractivity (Wildman–Crippen MR) is 80.9 cm³/mol. The molecule has 9 heteroatoms. The van der Waals surface area contributed by atoms with Gasteiger partial charge in [-0.3, -0.25) is 8.98 Å². The van der Waals surface area contributed by atoms with E-state index in [1.807, 2.05) is 0 Å². The molecule has 1 N–H and O–H groups in total. The number of rotatable bonds is 4. The number of benzene rings is 1. The molecule has 7 nitrogen and oxygen atoms in total. The molecule has 0 aliphatic carbocycles. The van der Waals surface area contributed by atoms with Crippen molar-refractivity contribution in [2.75, 3.05) is 12.8 Å². The van der Waals surface area contributed by atoms with E-state index in [-0.39, 0.29) is 13.0 Å². The van der Waals surface area contributed by atoms with Crippen LogP contribution in [0.25, 0.3) is 0 Å². The Balaban J connectivity index is 2.26. The third kappa shape index (κ3) is 3.84. The zero-order valence-electron chi connectivity index (χ0n) is 11.6. The molecule has 2 atom stereocenters. The molecular weight excluding hydrogens is 378 g/mol. The maximum absolute atomic E-state index is 12.5. The van der Waals surface area contributed by atoms with Gasteiger partial charge in [0.1, 0.15) is 6.04 Å². The average Bonchev–Trinajstić information content (AvgIpc) is 2.80. The van der Waals surface area contributed by atoms with Crippen molar-refractivity contribution in [3.63, 3.8) is 0 Å². The van der Waals surface area contributed by atoms with Crippen LogP contribution in [0.2, 0.25) is 0 Å². The topological polar surface area (TPSA) is 101 Å². The molecule has 1 amide bonds. The highest BCUT2D eigenvalue weighted by Gasteiger charge is 2.42. The van der Waals surface area contributed by atoms with E-state index in [2.05, 4.69) is 15.9 Å². The first-order valence-electron chi connectivity index (χ1n) is 6.35. The summed E-state index contributed by atoms with van der Waals surface area (Å²) in [5, 5.41) is 9.25. The zero-order valence-corrected chi connectivity index (χ0v) is 14.0. The predicted octanol–water partition coefficient (Wildman–Crippen LogP) is 1.09. The Morgan fingerprint density at radius 2 is 2.00 bits per heavy atom. The van der Waals surface area contributed by atoms with Crippen LogP contribution in [0.3, 0.4) is 0 Å². The molecule has 0 saturated carbocycles. The lowest BCUT2D eigenvalue weighted by Crippen LogP contribution is -2.40. The van der Waals surface area contributed by atoms with Crippen molar-refractivity contribution in [2.24, 2.45) is 0 Å². The summed E-state index contributed by atoms with van der Waals surface area (Å²) in [6.45, 7) is -0.0931.